The van der Waals surface area contributed by atoms with Crippen molar-refractivity contribution in [2.24, 2.45) is 0 Å². The lowest BCUT2D eigenvalue weighted by atomic mass is 10.1. The first-order valence-electron chi connectivity index (χ1n) is 6.24. The van der Waals surface area contributed by atoms with Gasteiger partial charge in [0.05, 0.1) is 6.26 Å². The van der Waals surface area contributed by atoms with Crippen molar-refractivity contribution in [3.8, 4) is 0 Å². The maximum atomic E-state index is 11.5. The van der Waals surface area contributed by atoms with Crippen molar-refractivity contribution in [2.75, 3.05) is 13.1 Å². The summed E-state index contributed by atoms with van der Waals surface area (Å²) < 4.78 is 5.25. The third kappa shape index (κ3) is 6.12. The lowest BCUT2D eigenvalue weighted by Crippen LogP contribution is -2.34. The molecule has 1 rings (SSSR count). The van der Waals surface area contributed by atoms with Gasteiger partial charge in [0.25, 0.3) is 0 Å². The van der Waals surface area contributed by atoms with E-state index in [1.54, 1.807) is 6.26 Å². The number of nitrogens with one attached hydrogen (secondary N) is 2. The number of carbonyl (C=O) groups excluding carboxylic acids is 1. The highest BCUT2D eigenvalue weighted by Crippen LogP contribution is 2.05. The number of furan rings is 1. The molecular weight excluding hydrogens is 216 g/mol. The van der Waals surface area contributed by atoms with Gasteiger partial charge in [0.15, 0.2) is 0 Å². The minimum atomic E-state index is 0.109. The average molecular weight is 238 g/mol. The lowest BCUT2D eigenvalue weighted by molar-refractivity contribution is -0.121. The highest BCUT2D eigenvalue weighted by atomic mass is 16.3. The molecule has 0 saturated carbocycles. The molecule has 4 heteroatoms. The van der Waals surface area contributed by atoms with E-state index >= 15 is 0 Å². The number of hydrogen-bond donors (Lipinski definition) is 2. The fourth-order valence-electron chi connectivity index (χ4n) is 1.61. The summed E-state index contributed by atoms with van der Waals surface area (Å²) in [6.07, 6.45) is 3.98. The van der Waals surface area contributed by atoms with Crippen LogP contribution in [0, 0.1) is 0 Å². The smallest absolute Gasteiger partial charge is 0.221 e. The number of hydrogen-bond acceptors (Lipinski definition) is 3. The Labute approximate surface area is 103 Å². The topological polar surface area (TPSA) is 54.3 Å². The Morgan fingerprint density at radius 1 is 1.53 bits per heavy atom. The van der Waals surface area contributed by atoms with Gasteiger partial charge in [-0.2, -0.15) is 0 Å². The van der Waals surface area contributed by atoms with Crippen LogP contribution in [0.4, 0.5) is 0 Å². The molecule has 96 valence electrons. The van der Waals surface area contributed by atoms with Crippen molar-refractivity contribution >= 4 is 5.91 Å². The normalized spacial score (nSPS) is 12.4. The molecule has 0 aliphatic carbocycles. The Morgan fingerprint density at radius 3 is 3.00 bits per heavy atom. The SMILES string of the molecule is CCNCCC(=O)NC(C)CCc1ccco1. The van der Waals surface area contributed by atoms with Crippen molar-refractivity contribution < 1.29 is 9.21 Å². The first-order chi connectivity index (χ1) is 8.22. The Balaban J connectivity index is 2.11. The Kier molecular flexibility index (Phi) is 6.40. The molecule has 0 fully saturated rings. The summed E-state index contributed by atoms with van der Waals surface area (Å²) in [6, 6.07) is 4.03. The molecule has 17 heavy (non-hydrogen) atoms. The van der Waals surface area contributed by atoms with Crippen LogP contribution in [-0.2, 0) is 11.2 Å². The molecule has 0 saturated heterocycles. The minimum Gasteiger partial charge on any atom is -0.469 e. The van der Waals surface area contributed by atoms with E-state index in [-0.39, 0.29) is 11.9 Å². The van der Waals surface area contributed by atoms with Crippen molar-refractivity contribution in [3.05, 3.63) is 24.2 Å². The molecule has 0 aromatic carbocycles. The van der Waals surface area contributed by atoms with Crippen LogP contribution in [0.1, 0.15) is 32.4 Å². The van der Waals surface area contributed by atoms with Crippen LogP contribution >= 0.6 is 0 Å². The fourth-order valence-corrected chi connectivity index (χ4v) is 1.61. The van der Waals surface area contributed by atoms with E-state index in [9.17, 15) is 4.79 Å². The zero-order valence-corrected chi connectivity index (χ0v) is 10.7. The van der Waals surface area contributed by atoms with Crippen LogP contribution < -0.4 is 10.6 Å². The van der Waals surface area contributed by atoms with Gasteiger partial charge >= 0.3 is 0 Å². The summed E-state index contributed by atoms with van der Waals surface area (Å²) in [7, 11) is 0. The maximum absolute atomic E-state index is 11.5. The predicted molar refractivity (Wildman–Crippen MR) is 67.8 cm³/mol. The van der Waals surface area contributed by atoms with Gasteiger partial charge in [-0.05, 0) is 32.0 Å². The van der Waals surface area contributed by atoms with Crippen LogP contribution in [0.3, 0.4) is 0 Å². The van der Waals surface area contributed by atoms with Crippen LogP contribution in [0.5, 0.6) is 0 Å². The zero-order chi connectivity index (χ0) is 12.5. The molecule has 0 bridgehead atoms. The van der Waals surface area contributed by atoms with Crippen molar-refractivity contribution in [1.82, 2.24) is 10.6 Å². The monoisotopic (exact) mass is 238 g/mol. The highest BCUT2D eigenvalue weighted by Gasteiger charge is 2.07. The second-order valence-electron chi connectivity index (χ2n) is 4.19. The molecule has 1 heterocycles. The molecule has 1 aromatic rings. The molecule has 1 aromatic heterocycles. The fraction of sp³-hybridized carbons (Fsp3) is 0.615. The summed E-state index contributed by atoms with van der Waals surface area (Å²) in [5.74, 6) is 1.08. The van der Waals surface area contributed by atoms with Gasteiger partial charge in [-0.1, -0.05) is 6.92 Å². The van der Waals surface area contributed by atoms with E-state index in [2.05, 4.69) is 10.6 Å². The molecule has 0 aliphatic heterocycles. The Hall–Kier alpha value is -1.29. The largest absolute Gasteiger partial charge is 0.469 e. The van der Waals surface area contributed by atoms with E-state index in [0.29, 0.717) is 6.42 Å². The molecule has 4 nitrogen and oxygen atoms in total. The third-order valence-electron chi connectivity index (χ3n) is 2.59. The standard InChI is InChI=1S/C13H22N2O2/c1-3-14-9-8-13(16)15-11(2)6-7-12-5-4-10-17-12/h4-5,10-11,14H,3,6-9H2,1-2H3,(H,15,16). The average Bonchev–Trinajstić information content (AvgIpc) is 2.79. The predicted octanol–water partition coefficient (Wildman–Crippen LogP) is 1.72. The van der Waals surface area contributed by atoms with Gasteiger partial charge < -0.3 is 15.1 Å². The quantitative estimate of drug-likeness (QED) is 0.678. The highest BCUT2D eigenvalue weighted by molar-refractivity contribution is 5.76. The van der Waals surface area contributed by atoms with E-state index in [4.69, 9.17) is 4.42 Å². The van der Waals surface area contributed by atoms with E-state index in [0.717, 1.165) is 31.7 Å². The van der Waals surface area contributed by atoms with Gasteiger partial charge in [-0.25, -0.2) is 0 Å². The molecule has 1 atom stereocenters. The summed E-state index contributed by atoms with van der Waals surface area (Å²) in [5, 5.41) is 6.11. The second kappa shape index (κ2) is 7.90. The number of rotatable bonds is 8. The van der Waals surface area contributed by atoms with E-state index < -0.39 is 0 Å². The summed E-state index contributed by atoms with van der Waals surface area (Å²) >= 11 is 0. The zero-order valence-electron chi connectivity index (χ0n) is 10.7. The van der Waals surface area contributed by atoms with Crippen molar-refractivity contribution in [2.45, 2.75) is 39.2 Å². The van der Waals surface area contributed by atoms with Gasteiger partial charge in [-0.3, -0.25) is 4.79 Å². The Bertz CT molecular complexity index is 309. The molecule has 0 aliphatic rings. The van der Waals surface area contributed by atoms with Gasteiger partial charge in [0.2, 0.25) is 5.91 Å². The number of aryl methyl sites for hydroxylation is 1. The van der Waals surface area contributed by atoms with E-state index in [1.165, 1.54) is 0 Å². The second-order valence-corrected chi connectivity index (χ2v) is 4.19. The molecule has 0 radical (unpaired) electrons. The van der Waals surface area contributed by atoms with Crippen molar-refractivity contribution in [1.29, 1.82) is 0 Å². The third-order valence-corrected chi connectivity index (χ3v) is 2.59. The number of amides is 1. The van der Waals surface area contributed by atoms with Crippen molar-refractivity contribution in [3.63, 3.8) is 0 Å². The van der Waals surface area contributed by atoms with E-state index in [1.807, 2.05) is 26.0 Å². The summed E-state index contributed by atoms with van der Waals surface area (Å²) in [6.45, 7) is 5.70. The lowest BCUT2D eigenvalue weighted by Gasteiger charge is -2.13. The van der Waals surface area contributed by atoms with Crippen LogP contribution in [0.25, 0.3) is 0 Å². The maximum Gasteiger partial charge on any atom is 0.221 e. The van der Waals surface area contributed by atoms with Gasteiger partial charge in [-0.15, -0.1) is 0 Å². The number of carbonyl (C=O) groups is 1. The minimum absolute atomic E-state index is 0.109. The molecular formula is C13H22N2O2. The summed E-state index contributed by atoms with van der Waals surface area (Å²) in [5.41, 5.74) is 0. The van der Waals surface area contributed by atoms with Crippen LogP contribution in [-0.4, -0.2) is 25.0 Å². The summed E-state index contributed by atoms with van der Waals surface area (Å²) in [4.78, 5) is 11.5. The van der Waals surface area contributed by atoms with Crippen LogP contribution in [0.2, 0.25) is 0 Å². The molecule has 1 amide bonds. The van der Waals surface area contributed by atoms with Gasteiger partial charge in [0, 0.05) is 25.4 Å². The molecule has 0 spiro atoms. The van der Waals surface area contributed by atoms with Crippen LogP contribution in [0.15, 0.2) is 22.8 Å². The Morgan fingerprint density at radius 2 is 2.35 bits per heavy atom. The first kappa shape index (κ1) is 13.8. The van der Waals surface area contributed by atoms with Gasteiger partial charge in [0.1, 0.15) is 5.76 Å². The molecule has 1 unspecified atom stereocenters. The molecule has 2 N–H and O–H groups in total. The first-order valence-corrected chi connectivity index (χ1v) is 6.24.